The van der Waals surface area contributed by atoms with Crippen LogP contribution in [0.4, 0.5) is 5.69 Å². The number of hydrogen-bond acceptors (Lipinski definition) is 3. The van der Waals surface area contributed by atoms with E-state index in [1.807, 2.05) is 48.7 Å². The number of amides is 1. The van der Waals surface area contributed by atoms with Gasteiger partial charge in [0, 0.05) is 22.6 Å². The van der Waals surface area contributed by atoms with Crippen molar-refractivity contribution in [2.75, 3.05) is 5.32 Å². The Balaban J connectivity index is 1.91. The number of aromatic nitrogens is 1. The highest BCUT2D eigenvalue weighted by Crippen LogP contribution is 2.27. The van der Waals surface area contributed by atoms with E-state index in [4.69, 9.17) is 0 Å². The van der Waals surface area contributed by atoms with Gasteiger partial charge in [-0.15, -0.1) is 11.3 Å². The Hall–Kier alpha value is -1.98. The van der Waals surface area contributed by atoms with Crippen LogP contribution in [0.25, 0.3) is 11.1 Å². The number of benzene rings is 1. The molecule has 0 atom stereocenters. The van der Waals surface area contributed by atoms with E-state index < -0.39 is 0 Å². The second-order valence-corrected chi connectivity index (χ2v) is 6.59. The van der Waals surface area contributed by atoms with Crippen LogP contribution in [0.5, 0.6) is 0 Å². The molecule has 1 aromatic carbocycles. The summed E-state index contributed by atoms with van der Waals surface area (Å²) in [5.74, 6) is -0.100. The number of thiophene rings is 1. The number of carbonyl (C=O) groups excluding carboxylic acids is 1. The Morgan fingerprint density at radius 2 is 1.91 bits per heavy atom. The minimum atomic E-state index is -0.100. The van der Waals surface area contributed by atoms with Crippen molar-refractivity contribution in [1.29, 1.82) is 0 Å². The summed E-state index contributed by atoms with van der Waals surface area (Å²) < 4.78 is 0.818. The van der Waals surface area contributed by atoms with E-state index in [1.165, 1.54) is 11.3 Å². The van der Waals surface area contributed by atoms with Crippen molar-refractivity contribution in [3.8, 4) is 11.1 Å². The minimum absolute atomic E-state index is 0.100. The molecule has 3 nitrogen and oxygen atoms in total. The molecule has 0 saturated carbocycles. The van der Waals surface area contributed by atoms with Crippen molar-refractivity contribution in [3.05, 3.63) is 69.1 Å². The van der Waals surface area contributed by atoms with Gasteiger partial charge in [0.25, 0.3) is 5.91 Å². The minimum Gasteiger partial charge on any atom is -0.321 e. The van der Waals surface area contributed by atoms with Gasteiger partial charge in [0.15, 0.2) is 0 Å². The van der Waals surface area contributed by atoms with Crippen LogP contribution in [0, 0.1) is 6.92 Å². The number of anilines is 1. The van der Waals surface area contributed by atoms with E-state index in [1.54, 1.807) is 12.4 Å². The Bertz CT molecular complexity index is 815. The Morgan fingerprint density at radius 1 is 1.14 bits per heavy atom. The highest BCUT2D eigenvalue weighted by molar-refractivity contribution is 9.10. The summed E-state index contributed by atoms with van der Waals surface area (Å²) in [5, 5.41) is 4.88. The summed E-state index contributed by atoms with van der Waals surface area (Å²) in [6, 6.07) is 11.8. The lowest BCUT2D eigenvalue weighted by Crippen LogP contribution is -2.11. The smallest absolute Gasteiger partial charge is 0.266 e. The molecule has 2 heterocycles. The summed E-state index contributed by atoms with van der Waals surface area (Å²) in [6.07, 6.45) is 3.52. The van der Waals surface area contributed by atoms with Crippen molar-refractivity contribution >= 4 is 38.9 Å². The number of carbonyl (C=O) groups is 1. The monoisotopic (exact) mass is 372 g/mol. The molecule has 5 heteroatoms. The number of halogens is 1. The van der Waals surface area contributed by atoms with E-state index in [2.05, 4.69) is 26.2 Å². The van der Waals surface area contributed by atoms with Gasteiger partial charge in [-0.2, -0.15) is 0 Å². The van der Waals surface area contributed by atoms with Gasteiger partial charge in [-0.1, -0.05) is 12.1 Å². The molecule has 2 aromatic heterocycles. The van der Waals surface area contributed by atoms with Gasteiger partial charge < -0.3 is 5.32 Å². The molecule has 3 rings (SSSR count). The van der Waals surface area contributed by atoms with Crippen LogP contribution in [0.2, 0.25) is 0 Å². The molecule has 3 aromatic rings. The molecule has 0 aliphatic carbocycles. The third-order valence-electron chi connectivity index (χ3n) is 3.32. The lowest BCUT2D eigenvalue weighted by molar-refractivity contribution is 0.103. The highest BCUT2D eigenvalue weighted by Gasteiger charge is 2.13. The zero-order valence-corrected chi connectivity index (χ0v) is 14.2. The molecule has 1 amide bonds. The first kappa shape index (κ1) is 14.9. The fraction of sp³-hybridized carbons (Fsp3) is 0.0588. The van der Waals surface area contributed by atoms with Gasteiger partial charge in [0.2, 0.25) is 0 Å². The second-order valence-electron chi connectivity index (χ2n) is 4.82. The van der Waals surface area contributed by atoms with Gasteiger partial charge in [-0.25, -0.2) is 0 Å². The number of pyridine rings is 1. The van der Waals surface area contributed by atoms with Gasteiger partial charge in [0.1, 0.15) is 4.88 Å². The van der Waals surface area contributed by atoms with E-state index in [0.29, 0.717) is 4.88 Å². The fourth-order valence-corrected chi connectivity index (χ4v) is 3.56. The zero-order chi connectivity index (χ0) is 15.5. The fourth-order valence-electron chi connectivity index (χ4n) is 2.12. The maximum absolute atomic E-state index is 12.4. The van der Waals surface area contributed by atoms with Gasteiger partial charge in [0.05, 0.1) is 0 Å². The van der Waals surface area contributed by atoms with Crippen molar-refractivity contribution in [1.82, 2.24) is 4.98 Å². The molecule has 0 spiro atoms. The number of nitrogens with zero attached hydrogens (tertiary/aromatic N) is 1. The molecule has 0 unspecified atom stereocenters. The standard InChI is InChI=1S/C17H13BrN2OS/c1-11-2-3-13(12-4-7-19-8-5-12)10-15(11)20-17(21)16-14(18)6-9-22-16/h2-10H,1H3,(H,20,21). The predicted molar refractivity (Wildman–Crippen MR) is 94.4 cm³/mol. The largest absolute Gasteiger partial charge is 0.321 e. The van der Waals surface area contributed by atoms with E-state index >= 15 is 0 Å². The average Bonchev–Trinajstić information content (AvgIpc) is 2.96. The molecule has 0 aliphatic heterocycles. The van der Waals surface area contributed by atoms with Gasteiger partial charge >= 0.3 is 0 Å². The lowest BCUT2D eigenvalue weighted by atomic mass is 10.0. The van der Waals surface area contributed by atoms with Crippen molar-refractivity contribution < 1.29 is 4.79 Å². The average molecular weight is 373 g/mol. The number of rotatable bonds is 3. The van der Waals surface area contributed by atoms with Crippen LogP contribution in [0.15, 0.2) is 58.6 Å². The molecule has 0 fully saturated rings. The summed E-state index contributed by atoms with van der Waals surface area (Å²) in [5.41, 5.74) is 3.97. The quantitative estimate of drug-likeness (QED) is 0.691. The second kappa shape index (κ2) is 6.42. The van der Waals surface area contributed by atoms with Gasteiger partial charge in [-0.3, -0.25) is 9.78 Å². The number of hydrogen-bond donors (Lipinski definition) is 1. The van der Waals surface area contributed by atoms with Crippen molar-refractivity contribution in [3.63, 3.8) is 0 Å². The summed E-state index contributed by atoms with van der Waals surface area (Å²) in [6.45, 7) is 1.98. The van der Waals surface area contributed by atoms with Crippen LogP contribution in [-0.4, -0.2) is 10.9 Å². The predicted octanol–water partition coefficient (Wildman–Crippen LogP) is 5.13. The van der Waals surface area contributed by atoms with Gasteiger partial charge in [-0.05, 0) is 69.2 Å². The van der Waals surface area contributed by atoms with Crippen LogP contribution >= 0.6 is 27.3 Å². The molecular weight excluding hydrogens is 360 g/mol. The lowest BCUT2D eigenvalue weighted by Gasteiger charge is -2.10. The van der Waals surface area contributed by atoms with Crippen LogP contribution in [0.3, 0.4) is 0 Å². The third kappa shape index (κ3) is 3.10. The molecule has 0 aliphatic rings. The molecule has 0 radical (unpaired) electrons. The molecule has 0 bridgehead atoms. The van der Waals surface area contributed by atoms with E-state index in [-0.39, 0.29) is 5.91 Å². The first-order valence-corrected chi connectivity index (χ1v) is 8.38. The summed E-state index contributed by atoms with van der Waals surface area (Å²) in [7, 11) is 0. The Kier molecular flexibility index (Phi) is 4.36. The van der Waals surface area contributed by atoms with E-state index in [9.17, 15) is 4.79 Å². The Morgan fingerprint density at radius 3 is 2.59 bits per heavy atom. The topological polar surface area (TPSA) is 42.0 Å². The van der Waals surface area contributed by atoms with E-state index in [0.717, 1.165) is 26.9 Å². The van der Waals surface area contributed by atoms with Crippen molar-refractivity contribution in [2.24, 2.45) is 0 Å². The Labute approximate surface area is 141 Å². The first-order chi connectivity index (χ1) is 10.6. The summed E-state index contributed by atoms with van der Waals surface area (Å²) >= 11 is 4.81. The molecule has 0 saturated heterocycles. The third-order valence-corrected chi connectivity index (χ3v) is 5.16. The van der Waals surface area contributed by atoms with Crippen LogP contribution in [-0.2, 0) is 0 Å². The normalized spacial score (nSPS) is 10.5. The first-order valence-electron chi connectivity index (χ1n) is 6.70. The maximum Gasteiger partial charge on any atom is 0.266 e. The molecule has 110 valence electrons. The highest BCUT2D eigenvalue weighted by atomic mass is 79.9. The number of aryl methyl sites for hydroxylation is 1. The molecule has 1 N–H and O–H groups in total. The summed E-state index contributed by atoms with van der Waals surface area (Å²) in [4.78, 5) is 17.1. The van der Waals surface area contributed by atoms with Crippen molar-refractivity contribution in [2.45, 2.75) is 6.92 Å². The van der Waals surface area contributed by atoms with Crippen LogP contribution < -0.4 is 5.32 Å². The maximum atomic E-state index is 12.4. The molecule has 22 heavy (non-hydrogen) atoms. The van der Waals surface area contributed by atoms with Crippen LogP contribution in [0.1, 0.15) is 15.2 Å². The zero-order valence-electron chi connectivity index (χ0n) is 11.8. The molecular formula is C17H13BrN2OS. The number of nitrogens with one attached hydrogen (secondary N) is 1. The SMILES string of the molecule is Cc1ccc(-c2ccncc2)cc1NC(=O)c1sccc1Br.